The van der Waals surface area contributed by atoms with Gasteiger partial charge in [-0.25, -0.2) is 4.79 Å². The van der Waals surface area contributed by atoms with Gasteiger partial charge >= 0.3 is 5.97 Å². The maximum absolute atomic E-state index is 13.0. The third kappa shape index (κ3) is 3.10. The third-order valence-corrected chi connectivity index (χ3v) is 5.50. The second-order valence-corrected chi connectivity index (χ2v) is 7.62. The normalized spacial score (nSPS) is 11.0. The number of hydrogen-bond donors (Lipinski definition) is 1. The molecule has 5 nitrogen and oxygen atoms in total. The number of benzene rings is 1. The number of halogens is 1. The fourth-order valence-corrected chi connectivity index (χ4v) is 4.21. The smallest absolute Gasteiger partial charge is 0.340 e. The molecule has 0 saturated heterocycles. The van der Waals surface area contributed by atoms with Crippen molar-refractivity contribution in [1.29, 1.82) is 0 Å². The molecule has 1 aromatic carbocycles. The highest BCUT2D eigenvalue weighted by molar-refractivity contribution is 7.16. The summed E-state index contributed by atoms with van der Waals surface area (Å²) in [5.41, 5.74) is 2.74. The van der Waals surface area contributed by atoms with Gasteiger partial charge in [0.25, 0.3) is 5.91 Å². The summed E-state index contributed by atoms with van der Waals surface area (Å²) in [6, 6.07) is 7.31. The van der Waals surface area contributed by atoms with Crippen LogP contribution in [0.5, 0.6) is 0 Å². The van der Waals surface area contributed by atoms with Gasteiger partial charge < -0.3 is 14.6 Å². The summed E-state index contributed by atoms with van der Waals surface area (Å²) in [6.45, 7) is 6.41. The monoisotopic (exact) mass is 390 g/mol. The van der Waals surface area contributed by atoms with E-state index in [2.05, 4.69) is 5.32 Å². The van der Waals surface area contributed by atoms with Crippen LogP contribution in [0.4, 0.5) is 5.00 Å². The van der Waals surface area contributed by atoms with Crippen LogP contribution in [-0.4, -0.2) is 23.6 Å². The van der Waals surface area contributed by atoms with E-state index in [1.54, 1.807) is 6.07 Å². The summed E-state index contributed by atoms with van der Waals surface area (Å²) in [7, 11) is 1.32. The maximum Gasteiger partial charge on any atom is 0.340 e. The number of methoxy groups -OCH3 is 1. The Balaban J connectivity index is 2.07. The van der Waals surface area contributed by atoms with Gasteiger partial charge in [0.15, 0.2) is 0 Å². The van der Waals surface area contributed by atoms with Crippen molar-refractivity contribution in [1.82, 2.24) is 4.57 Å². The molecule has 0 fully saturated rings. The zero-order chi connectivity index (χ0) is 19.0. The van der Waals surface area contributed by atoms with Gasteiger partial charge in [0.1, 0.15) is 10.7 Å². The topological polar surface area (TPSA) is 60.3 Å². The van der Waals surface area contributed by atoms with Crippen molar-refractivity contribution in [2.24, 2.45) is 0 Å². The Kier molecular flexibility index (Phi) is 5.07. The molecule has 3 rings (SSSR count). The number of aryl methyl sites for hydroxylation is 3. The largest absolute Gasteiger partial charge is 0.465 e. The van der Waals surface area contributed by atoms with E-state index >= 15 is 0 Å². The van der Waals surface area contributed by atoms with Gasteiger partial charge in [0.2, 0.25) is 0 Å². The van der Waals surface area contributed by atoms with Crippen molar-refractivity contribution in [3.8, 4) is 0 Å². The number of fused-ring (bicyclic) bond motifs is 1. The van der Waals surface area contributed by atoms with Crippen LogP contribution in [0.1, 0.15) is 38.2 Å². The molecular weight excluding hydrogens is 372 g/mol. The number of carbonyl (C=O) groups is 2. The predicted molar refractivity (Wildman–Crippen MR) is 106 cm³/mol. The number of nitrogens with one attached hydrogen (secondary N) is 1. The lowest BCUT2D eigenvalue weighted by Gasteiger charge is -2.10. The Morgan fingerprint density at radius 1 is 1.27 bits per heavy atom. The van der Waals surface area contributed by atoms with Gasteiger partial charge in [-0.05, 0) is 50.6 Å². The Bertz CT molecular complexity index is 1020. The number of amides is 1. The number of aromatic nitrogens is 1. The van der Waals surface area contributed by atoms with Crippen LogP contribution >= 0.6 is 22.9 Å². The van der Waals surface area contributed by atoms with E-state index in [0.29, 0.717) is 27.8 Å². The Labute approximate surface area is 160 Å². The SMILES string of the molecule is CCn1c(C(=O)Nc2sc(C)cc2C(=O)OC)c(C)c2cc(Cl)ccc21. The lowest BCUT2D eigenvalue weighted by molar-refractivity contribution is 0.0602. The summed E-state index contributed by atoms with van der Waals surface area (Å²) < 4.78 is 6.76. The zero-order valence-electron chi connectivity index (χ0n) is 15.0. The Hall–Kier alpha value is -2.31. The Morgan fingerprint density at radius 3 is 2.65 bits per heavy atom. The summed E-state index contributed by atoms with van der Waals surface area (Å²) in [5, 5.41) is 4.94. The molecule has 0 saturated carbocycles. The molecule has 1 N–H and O–H groups in total. The first-order valence-corrected chi connectivity index (χ1v) is 9.35. The van der Waals surface area contributed by atoms with Crippen molar-refractivity contribution in [2.75, 3.05) is 12.4 Å². The fourth-order valence-electron chi connectivity index (χ4n) is 3.15. The molecule has 7 heteroatoms. The fraction of sp³-hybridized carbons (Fsp3) is 0.263. The van der Waals surface area contributed by atoms with Gasteiger partial charge in [0.05, 0.1) is 12.7 Å². The molecule has 2 heterocycles. The number of hydrogen-bond acceptors (Lipinski definition) is 4. The van der Waals surface area contributed by atoms with E-state index < -0.39 is 5.97 Å². The van der Waals surface area contributed by atoms with E-state index in [1.807, 2.05) is 43.5 Å². The highest BCUT2D eigenvalue weighted by Crippen LogP contribution is 2.32. The third-order valence-electron chi connectivity index (χ3n) is 4.30. The van der Waals surface area contributed by atoms with Crippen molar-refractivity contribution in [3.05, 3.63) is 51.0 Å². The molecule has 0 radical (unpaired) electrons. The van der Waals surface area contributed by atoms with E-state index in [0.717, 1.165) is 21.3 Å². The van der Waals surface area contributed by atoms with Gasteiger partial charge in [-0.15, -0.1) is 11.3 Å². The van der Waals surface area contributed by atoms with Crippen molar-refractivity contribution in [3.63, 3.8) is 0 Å². The van der Waals surface area contributed by atoms with Gasteiger partial charge in [-0.2, -0.15) is 0 Å². The first kappa shape index (κ1) is 18.5. The number of carbonyl (C=O) groups excluding carboxylic acids is 2. The number of rotatable bonds is 4. The van der Waals surface area contributed by atoms with Crippen molar-refractivity contribution < 1.29 is 14.3 Å². The van der Waals surface area contributed by atoms with E-state index in [9.17, 15) is 9.59 Å². The number of anilines is 1. The van der Waals surface area contributed by atoms with Gasteiger partial charge in [0, 0.05) is 27.3 Å². The van der Waals surface area contributed by atoms with Crippen molar-refractivity contribution >= 4 is 50.7 Å². The molecular formula is C19H19ClN2O3S. The molecule has 0 aliphatic heterocycles. The van der Waals surface area contributed by atoms with Gasteiger partial charge in [-0.3, -0.25) is 4.79 Å². The minimum atomic E-state index is -0.468. The predicted octanol–water partition coefficient (Wildman–Crippen LogP) is 5.03. The standard InChI is InChI=1S/C19H19ClN2O3S/c1-5-22-15-7-6-12(20)9-13(15)11(3)16(22)17(23)21-18-14(19(24)25-4)8-10(2)26-18/h6-9H,5H2,1-4H3,(H,21,23). The maximum atomic E-state index is 13.0. The molecule has 136 valence electrons. The number of thiophene rings is 1. The lowest BCUT2D eigenvalue weighted by atomic mass is 10.1. The van der Waals surface area contributed by atoms with Crippen molar-refractivity contribution in [2.45, 2.75) is 27.3 Å². The summed E-state index contributed by atoms with van der Waals surface area (Å²) in [5.74, 6) is -0.729. The van der Waals surface area contributed by atoms with Crippen LogP contribution < -0.4 is 5.32 Å². The molecule has 0 bridgehead atoms. The molecule has 3 aromatic rings. The average molecular weight is 391 g/mol. The second-order valence-electron chi connectivity index (χ2n) is 5.92. The van der Waals surface area contributed by atoms with Crippen LogP contribution in [0.25, 0.3) is 10.9 Å². The molecule has 26 heavy (non-hydrogen) atoms. The van der Waals surface area contributed by atoms with Crippen LogP contribution in [0, 0.1) is 13.8 Å². The second kappa shape index (κ2) is 7.13. The summed E-state index contributed by atoms with van der Waals surface area (Å²) >= 11 is 7.47. The molecule has 0 spiro atoms. The average Bonchev–Trinajstić information content (AvgIpc) is 3.11. The van der Waals surface area contributed by atoms with Crippen LogP contribution in [0.15, 0.2) is 24.3 Å². The molecule has 2 aromatic heterocycles. The number of ether oxygens (including phenoxy) is 1. The van der Waals surface area contributed by atoms with E-state index in [-0.39, 0.29) is 5.91 Å². The first-order valence-electron chi connectivity index (χ1n) is 8.15. The van der Waals surface area contributed by atoms with Gasteiger partial charge in [-0.1, -0.05) is 11.6 Å². The molecule has 0 aliphatic carbocycles. The minimum Gasteiger partial charge on any atom is -0.465 e. The molecule has 0 atom stereocenters. The van der Waals surface area contributed by atoms with Crippen LogP contribution in [-0.2, 0) is 11.3 Å². The summed E-state index contributed by atoms with van der Waals surface area (Å²) in [4.78, 5) is 25.9. The quantitative estimate of drug-likeness (QED) is 0.635. The molecule has 1 amide bonds. The lowest BCUT2D eigenvalue weighted by Crippen LogP contribution is -2.18. The summed E-state index contributed by atoms with van der Waals surface area (Å²) in [6.07, 6.45) is 0. The highest BCUT2D eigenvalue weighted by Gasteiger charge is 2.23. The number of esters is 1. The van der Waals surface area contributed by atoms with Crippen LogP contribution in [0.2, 0.25) is 5.02 Å². The number of nitrogens with zero attached hydrogens (tertiary/aromatic N) is 1. The minimum absolute atomic E-state index is 0.260. The first-order chi connectivity index (χ1) is 12.4. The molecule has 0 unspecified atom stereocenters. The highest BCUT2D eigenvalue weighted by atomic mass is 35.5. The van der Waals surface area contributed by atoms with E-state index in [1.165, 1.54) is 18.4 Å². The Morgan fingerprint density at radius 2 is 2.00 bits per heavy atom. The molecule has 0 aliphatic rings. The van der Waals surface area contributed by atoms with Crippen LogP contribution in [0.3, 0.4) is 0 Å². The zero-order valence-corrected chi connectivity index (χ0v) is 16.5. The van der Waals surface area contributed by atoms with E-state index in [4.69, 9.17) is 16.3 Å².